The lowest BCUT2D eigenvalue weighted by molar-refractivity contribution is 0.383. The molecule has 3 aromatic carbocycles. The smallest absolute Gasteiger partial charge is 0.186 e. The minimum Gasteiger partial charge on any atom is -0.441 e. The van der Waals surface area contributed by atoms with Crippen molar-refractivity contribution in [2.45, 2.75) is 20.4 Å². The predicted octanol–water partition coefficient (Wildman–Crippen LogP) is 5.10. The highest BCUT2D eigenvalue weighted by molar-refractivity contribution is 5.89. The van der Waals surface area contributed by atoms with E-state index in [-0.39, 0.29) is 0 Å². The summed E-state index contributed by atoms with van der Waals surface area (Å²) in [6, 6.07) is 20.8. The lowest BCUT2D eigenvalue weighted by atomic mass is 10.1. The van der Waals surface area contributed by atoms with Gasteiger partial charge in [0.25, 0.3) is 0 Å². The van der Waals surface area contributed by atoms with E-state index in [1.54, 1.807) is 0 Å². The Balaban J connectivity index is 1.73. The van der Waals surface area contributed by atoms with Crippen molar-refractivity contribution in [2.75, 3.05) is 0 Å². The quantitative estimate of drug-likeness (QED) is 0.662. The molecule has 0 saturated carbocycles. The number of nitrogens with one attached hydrogen (secondary N) is 1. The SMILES string of the molecule is C=C(NCc1ccc(C)cc1)Oc1c(C)ccc2ccccc12. The third-order valence-electron chi connectivity index (χ3n) is 3.91. The molecule has 0 atom stereocenters. The molecule has 0 aromatic heterocycles. The van der Waals surface area contributed by atoms with Crippen molar-refractivity contribution in [1.29, 1.82) is 0 Å². The van der Waals surface area contributed by atoms with Crippen LogP contribution in [0.15, 0.2) is 73.1 Å². The molecule has 0 aliphatic heterocycles. The minimum atomic E-state index is 0.560. The van der Waals surface area contributed by atoms with Crippen LogP contribution < -0.4 is 10.1 Å². The van der Waals surface area contributed by atoms with Gasteiger partial charge in [-0.1, -0.05) is 66.2 Å². The summed E-state index contributed by atoms with van der Waals surface area (Å²) in [5.41, 5.74) is 3.56. The average molecular weight is 303 g/mol. The van der Waals surface area contributed by atoms with Gasteiger partial charge in [0.15, 0.2) is 5.88 Å². The molecule has 3 aromatic rings. The number of ether oxygens (including phenoxy) is 1. The number of fused-ring (bicyclic) bond motifs is 1. The first-order valence-electron chi connectivity index (χ1n) is 7.78. The molecule has 0 amide bonds. The van der Waals surface area contributed by atoms with Gasteiger partial charge in [0.1, 0.15) is 5.75 Å². The first-order chi connectivity index (χ1) is 11.1. The highest BCUT2D eigenvalue weighted by Gasteiger charge is 2.07. The summed E-state index contributed by atoms with van der Waals surface area (Å²) in [7, 11) is 0. The molecule has 2 heteroatoms. The summed E-state index contributed by atoms with van der Waals surface area (Å²) in [4.78, 5) is 0. The molecular formula is C21H21NO. The van der Waals surface area contributed by atoms with E-state index in [1.807, 2.05) is 12.1 Å². The fourth-order valence-corrected chi connectivity index (χ4v) is 2.55. The van der Waals surface area contributed by atoms with Gasteiger partial charge < -0.3 is 10.1 Å². The summed E-state index contributed by atoms with van der Waals surface area (Å²) in [5.74, 6) is 1.43. The number of hydrogen-bond acceptors (Lipinski definition) is 2. The van der Waals surface area contributed by atoms with Crippen molar-refractivity contribution in [1.82, 2.24) is 5.32 Å². The Kier molecular flexibility index (Phi) is 4.33. The second-order valence-electron chi connectivity index (χ2n) is 5.80. The molecular weight excluding hydrogens is 282 g/mol. The molecule has 0 aliphatic carbocycles. The van der Waals surface area contributed by atoms with E-state index in [0.717, 1.165) is 16.7 Å². The highest BCUT2D eigenvalue weighted by atomic mass is 16.5. The fourth-order valence-electron chi connectivity index (χ4n) is 2.55. The second kappa shape index (κ2) is 6.57. The van der Waals surface area contributed by atoms with Gasteiger partial charge in [-0.05, 0) is 36.9 Å². The van der Waals surface area contributed by atoms with Gasteiger partial charge in [0.2, 0.25) is 0 Å². The number of benzene rings is 3. The van der Waals surface area contributed by atoms with E-state index in [9.17, 15) is 0 Å². The maximum Gasteiger partial charge on any atom is 0.186 e. The zero-order valence-electron chi connectivity index (χ0n) is 13.6. The normalized spacial score (nSPS) is 10.5. The van der Waals surface area contributed by atoms with Crippen LogP contribution in [0.2, 0.25) is 0 Å². The van der Waals surface area contributed by atoms with Gasteiger partial charge in [0, 0.05) is 11.9 Å². The van der Waals surface area contributed by atoms with Crippen molar-refractivity contribution in [3.05, 3.63) is 89.8 Å². The van der Waals surface area contributed by atoms with Crippen molar-refractivity contribution in [3.8, 4) is 5.75 Å². The van der Waals surface area contributed by atoms with Crippen molar-refractivity contribution < 1.29 is 4.74 Å². The summed E-state index contributed by atoms with van der Waals surface area (Å²) in [6.45, 7) is 8.83. The maximum absolute atomic E-state index is 6.00. The number of rotatable bonds is 5. The highest BCUT2D eigenvalue weighted by Crippen LogP contribution is 2.30. The van der Waals surface area contributed by atoms with Crippen LogP contribution >= 0.6 is 0 Å². The predicted molar refractivity (Wildman–Crippen MR) is 96.5 cm³/mol. The molecule has 2 nitrogen and oxygen atoms in total. The molecule has 0 aliphatic rings. The van der Waals surface area contributed by atoms with Crippen LogP contribution in [0.1, 0.15) is 16.7 Å². The van der Waals surface area contributed by atoms with Crippen LogP contribution in [0.4, 0.5) is 0 Å². The Labute approximate surface area is 137 Å². The molecule has 3 rings (SSSR count). The van der Waals surface area contributed by atoms with Crippen LogP contribution in [0, 0.1) is 13.8 Å². The van der Waals surface area contributed by atoms with E-state index in [0.29, 0.717) is 12.4 Å². The van der Waals surface area contributed by atoms with Crippen molar-refractivity contribution in [3.63, 3.8) is 0 Å². The Bertz CT molecular complexity index is 834. The Morgan fingerprint density at radius 2 is 1.70 bits per heavy atom. The summed E-state index contributed by atoms with van der Waals surface area (Å²) in [6.07, 6.45) is 0. The van der Waals surface area contributed by atoms with Crippen molar-refractivity contribution >= 4 is 10.8 Å². The van der Waals surface area contributed by atoms with Gasteiger partial charge >= 0.3 is 0 Å². The summed E-state index contributed by atoms with van der Waals surface area (Å²) in [5, 5.41) is 5.51. The standard InChI is InChI=1S/C21H21NO/c1-15-8-11-18(12-9-15)14-22-17(3)23-21-16(2)10-13-19-6-4-5-7-20(19)21/h4-13,22H,3,14H2,1-2H3. The Morgan fingerprint density at radius 3 is 2.48 bits per heavy atom. The van der Waals surface area contributed by atoms with Gasteiger partial charge in [-0.25, -0.2) is 0 Å². The van der Waals surface area contributed by atoms with Crippen LogP contribution in [-0.4, -0.2) is 0 Å². The van der Waals surface area contributed by atoms with E-state index >= 15 is 0 Å². The minimum absolute atomic E-state index is 0.560. The third kappa shape index (κ3) is 3.54. The molecule has 0 spiro atoms. The van der Waals surface area contributed by atoms with Gasteiger partial charge in [0.05, 0.1) is 0 Å². The van der Waals surface area contributed by atoms with Crippen LogP contribution in [0.3, 0.4) is 0 Å². The first kappa shape index (κ1) is 15.2. The average Bonchev–Trinajstić information content (AvgIpc) is 2.57. The molecule has 0 saturated heterocycles. The zero-order valence-corrected chi connectivity index (χ0v) is 13.6. The van der Waals surface area contributed by atoms with E-state index in [4.69, 9.17) is 4.74 Å². The maximum atomic E-state index is 6.00. The topological polar surface area (TPSA) is 21.3 Å². The zero-order chi connectivity index (χ0) is 16.2. The largest absolute Gasteiger partial charge is 0.441 e. The molecule has 0 radical (unpaired) electrons. The van der Waals surface area contributed by atoms with Crippen LogP contribution in [0.5, 0.6) is 5.75 Å². The van der Waals surface area contributed by atoms with E-state index in [1.165, 1.54) is 16.5 Å². The van der Waals surface area contributed by atoms with Gasteiger partial charge in [-0.3, -0.25) is 0 Å². The molecule has 1 N–H and O–H groups in total. The molecule has 0 fully saturated rings. The lowest BCUT2D eigenvalue weighted by Crippen LogP contribution is -2.16. The van der Waals surface area contributed by atoms with Gasteiger partial charge in [-0.2, -0.15) is 0 Å². The summed E-state index contributed by atoms with van der Waals surface area (Å²) < 4.78 is 6.00. The van der Waals surface area contributed by atoms with E-state index < -0.39 is 0 Å². The summed E-state index contributed by atoms with van der Waals surface area (Å²) >= 11 is 0. The Morgan fingerprint density at radius 1 is 0.957 bits per heavy atom. The molecule has 116 valence electrons. The molecule has 0 bridgehead atoms. The van der Waals surface area contributed by atoms with E-state index in [2.05, 4.69) is 74.3 Å². The molecule has 23 heavy (non-hydrogen) atoms. The van der Waals surface area contributed by atoms with Crippen LogP contribution in [0.25, 0.3) is 10.8 Å². The number of aryl methyl sites for hydroxylation is 2. The Hall–Kier alpha value is -2.74. The number of hydrogen-bond donors (Lipinski definition) is 1. The molecule has 0 heterocycles. The third-order valence-corrected chi connectivity index (χ3v) is 3.91. The van der Waals surface area contributed by atoms with Crippen LogP contribution in [-0.2, 0) is 6.54 Å². The monoisotopic (exact) mass is 303 g/mol. The second-order valence-corrected chi connectivity index (χ2v) is 5.80. The first-order valence-corrected chi connectivity index (χ1v) is 7.78. The molecule has 0 unspecified atom stereocenters. The van der Waals surface area contributed by atoms with Gasteiger partial charge in [-0.15, -0.1) is 0 Å². The fraction of sp³-hybridized carbons (Fsp3) is 0.143. The van der Waals surface area contributed by atoms with Crippen molar-refractivity contribution in [2.24, 2.45) is 0 Å². The lowest BCUT2D eigenvalue weighted by Gasteiger charge is -2.15.